The van der Waals surface area contributed by atoms with Gasteiger partial charge in [0.25, 0.3) is 0 Å². The number of benzene rings is 1. The first-order chi connectivity index (χ1) is 9.52. The van der Waals surface area contributed by atoms with Gasteiger partial charge in [0, 0.05) is 5.56 Å². The molecule has 0 aliphatic carbocycles. The summed E-state index contributed by atoms with van der Waals surface area (Å²) in [5.74, 6) is 5.65. The number of hydrogen-bond acceptors (Lipinski definition) is 4. The highest BCUT2D eigenvalue weighted by Gasteiger charge is 2.15. The average molecular weight is 315 g/mol. The van der Waals surface area contributed by atoms with Crippen LogP contribution in [0.15, 0.2) is 28.7 Å². The highest BCUT2D eigenvalue weighted by molar-refractivity contribution is 6.42. The van der Waals surface area contributed by atoms with E-state index in [4.69, 9.17) is 38.2 Å². The van der Waals surface area contributed by atoms with Gasteiger partial charge in [0.15, 0.2) is 5.76 Å². The first-order valence-electron chi connectivity index (χ1n) is 5.70. The molecule has 7 heteroatoms. The number of halogens is 2. The molecule has 0 fully saturated rings. The Hall–Kier alpha value is -1.69. The lowest BCUT2D eigenvalue weighted by Gasteiger charge is -2.07. The summed E-state index contributed by atoms with van der Waals surface area (Å²) in [5.41, 5.74) is 2.68. The van der Waals surface area contributed by atoms with E-state index in [1.54, 1.807) is 31.2 Å². The Morgan fingerprint density at radius 2 is 2.20 bits per heavy atom. The predicted molar refractivity (Wildman–Crippen MR) is 75.9 cm³/mol. The minimum absolute atomic E-state index is 0.124. The summed E-state index contributed by atoms with van der Waals surface area (Å²) in [6, 6.07) is 6.78. The standard InChI is InChI=1S/C13H12Cl2N2O3/c1-7-5-8(20-12(7)13(18)17-16)6-19-10-4-2-3-9(14)11(10)15/h2-5H,6,16H2,1H3,(H,17,18). The van der Waals surface area contributed by atoms with E-state index < -0.39 is 5.91 Å². The number of furan rings is 1. The van der Waals surface area contributed by atoms with Crippen LogP contribution in [0.1, 0.15) is 21.9 Å². The van der Waals surface area contributed by atoms with Crippen LogP contribution in [0.3, 0.4) is 0 Å². The number of rotatable bonds is 4. The van der Waals surface area contributed by atoms with Crippen molar-refractivity contribution >= 4 is 29.1 Å². The van der Waals surface area contributed by atoms with Crippen LogP contribution >= 0.6 is 23.2 Å². The van der Waals surface area contributed by atoms with Crippen molar-refractivity contribution in [3.8, 4) is 5.75 Å². The molecule has 0 spiro atoms. The van der Waals surface area contributed by atoms with E-state index in [9.17, 15) is 4.79 Å². The molecular formula is C13H12Cl2N2O3. The Morgan fingerprint density at radius 1 is 1.45 bits per heavy atom. The van der Waals surface area contributed by atoms with Crippen LogP contribution in [-0.4, -0.2) is 5.91 Å². The van der Waals surface area contributed by atoms with Crippen molar-refractivity contribution < 1.29 is 13.9 Å². The minimum Gasteiger partial charge on any atom is -0.484 e. The molecule has 1 heterocycles. The number of nitrogens with two attached hydrogens (primary N) is 1. The Morgan fingerprint density at radius 3 is 2.90 bits per heavy atom. The maximum Gasteiger partial charge on any atom is 0.301 e. The molecule has 0 bridgehead atoms. The lowest BCUT2D eigenvalue weighted by molar-refractivity contribution is 0.0921. The van der Waals surface area contributed by atoms with Gasteiger partial charge in [-0.1, -0.05) is 29.3 Å². The first-order valence-corrected chi connectivity index (χ1v) is 6.45. The number of carbonyl (C=O) groups is 1. The third kappa shape index (κ3) is 3.07. The van der Waals surface area contributed by atoms with Crippen LogP contribution in [0, 0.1) is 6.92 Å². The van der Waals surface area contributed by atoms with Gasteiger partial charge in [0.05, 0.1) is 5.02 Å². The maximum absolute atomic E-state index is 11.4. The lowest BCUT2D eigenvalue weighted by atomic mass is 10.2. The molecule has 0 radical (unpaired) electrons. The number of amides is 1. The monoisotopic (exact) mass is 314 g/mol. The van der Waals surface area contributed by atoms with Crippen LogP contribution in [0.2, 0.25) is 10.0 Å². The van der Waals surface area contributed by atoms with E-state index in [1.807, 2.05) is 5.43 Å². The highest BCUT2D eigenvalue weighted by Crippen LogP contribution is 2.32. The van der Waals surface area contributed by atoms with E-state index in [-0.39, 0.29) is 12.4 Å². The Bertz CT molecular complexity index is 641. The van der Waals surface area contributed by atoms with Gasteiger partial charge in [-0.3, -0.25) is 10.2 Å². The molecule has 0 unspecified atom stereocenters. The van der Waals surface area contributed by atoms with Gasteiger partial charge < -0.3 is 9.15 Å². The van der Waals surface area contributed by atoms with Crippen molar-refractivity contribution in [2.45, 2.75) is 13.5 Å². The van der Waals surface area contributed by atoms with E-state index in [0.717, 1.165) is 0 Å². The molecule has 5 nitrogen and oxygen atoms in total. The van der Waals surface area contributed by atoms with Gasteiger partial charge in [0.1, 0.15) is 23.1 Å². The Balaban J connectivity index is 2.12. The third-order valence-electron chi connectivity index (χ3n) is 2.59. The van der Waals surface area contributed by atoms with Crippen molar-refractivity contribution in [3.05, 3.63) is 51.4 Å². The molecule has 3 N–H and O–H groups in total. The van der Waals surface area contributed by atoms with Crippen LogP contribution in [0.5, 0.6) is 5.75 Å². The number of carbonyl (C=O) groups excluding carboxylic acids is 1. The summed E-state index contributed by atoms with van der Waals surface area (Å²) in [6.07, 6.45) is 0. The largest absolute Gasteiger partial charge is 0.484 e. The molecule has 0 saturated heterocycles. The number of ether oxygens (including phenoxy) is 1. The lowest BCUT2D eigenvalue weighted by Crippen LogP contribution is -2.30. The second-order valence-corrected chi connectivity index (χ2v) is 4.82. The smallest absolute Gasteiger partial charge is 0.301 e. The molecule has 106 valence electrons. The SMILES string of the molecule is Cc1cc(COc2cccc(Cl)c2Cl)oc1C(=O)NN. The van der Waals surface area contributed by atoms with Gasteiger partial charge in [-0.05, 0) is 25.1 Å². The quantitative estimate of drug-likeness (QED) is 0.516. The fourth-order valence-electron chi connectivity index (χ4n) is 1.65. The molecule has 20 heavy (non-hydrogen) atoms. The number of nitrogen functional groups attached to an aromatic ring is 1. The molecule has 1 aromatic heterocycles. The molecule has 0 aliphatic rings. The topological polar surface area (TPSA) is 77.5 Å². The average Bonchev–Trinajstić information content (AvgIpc) is 2.81. The summed E-state index contributed by atoms with van der Waals surface area (Å²) in [7, 11) is 0. The van der Waals surface area contributed by atoms with Crippen LogP contribution in [0.25, 0.3) is 0 Å². The van der Waals surface area contributed by atoms with Crippen molar-refractivity contribution in [3.63, 3.8) is 0 Å². The minimum atomic E-state index is -0.491. The van der Waals surface area contributed by atoms with Gasteiger partial charge in [-0.15, -0.1) is 0 Å². The van der Waals surface area contributed by atoms with Gasteiger partial charge in [-0.25, -0.2) is 5.84 Å². The Labute approximate surface area is 125 Å². The second-order valence-electron chi connectivity index (χ2n) is 4.04. The van der Waals surface area contributed by atoms with E-state index in [0.29, 0.717) is 27.1 Å². The predicted octanol–water partition coefficient (Wildman–Crippen LogP) is 3.08. The first kappa shape index (κ1) is 14.7. The number of aryl methyl sites for hydroxylation is 1. The molecule has 2 aromatic rings. The van der Waals surface area contributed by atoms with Gasteiger partial charge >= 0.3 is 5.91 Å². The molecule has 0 saturated carbocycles. The summed E-state index contributed by atoms with van der Waals surface area (Å²) >= 11 is 11.9. The van der Waals surface area contributed by atoms with Crippen LogP contribution in [0.4, 0.5) is 0 Å². The molecule has 0 aliphatic heterocycles. The van der Waals surface area contributed by atoms with E-state index in [1.165, 1.54) is 0 Å². The zero-order valence-corrected chi connectivity index (χ0v) is 12.1. The summed E-state index contributed by atoms with van der Waals surface area (Å²) in [5, 5.41) is 0.736. The highest BCUT2D eigenvalue weighted by atomic mass is 35.5. The summed E-state index contributed by atoms with van der Waals surface area (Å²) in [6.45, 7) is 1.86. The van der Waals surface area contributed by atoms with Crippen LogP contribution < -0.4 is 16.0 Å². The van der Waals surface area contributed by atoms with Gasteiger partial charge in [-0.2, -0.15) is 0 Å². The fraction of sp³-hybridized carbons (Fsp3) is 0.154. The molecule has 2 rings (SSSR count). The zero-order chi connectivity index (χ0) is 14.7. The second kappa shape index (κ2) is 6.17. The van der Waals surface area contributed by atoms with Crippen molar-refractivity contribution in [1.82, 2.24) is 5.43 Å². The van der Waals surface area contributed by atoms with Crippen molar-refractivity contribution in [2.24, 2.45) is 5.84 Å². The molecule has 0 atom stereocenters. The third-order valence-corrected chi connectivity index (χ3v) is 3.39. The van der Waals surface area contributed by atoms with Crippen molar-refractivity contribution in [1.29, 1.82) is 0 Å². The van der Waals surface area contributed by atoms with Crippen LogP contribution in [-0.2, 0) is 6.61 Å². The molecule has 1 amide bonds. The summed E-state index contributed by atoms with van der Waals surface area (Å²) < 4.78 is 10.9. The van der Waals surface area contributed by atoms with E-state index in [2.05, 4.69) is 0 Å². The number of hydrogen-bond donors (Lipinski definition) is 2. The molecule has 1 aromatic carbocycles. The summed E-state index contributed by atoms with van der Waals surface area (Å²) in [4.78, 5) is 11.4. The van der Waals surface area contributed by atoms with Crippen molar-refractivity contribution in [2.75, 3.05) is 0 Å². The Kier molecular flexibility index (Phi) is 4.54. The maximum atomic E-state index is 11.4. The molecular weight excluding hydrogens is 303 g/mol. The number of nitrogens with one attached hydrogen (secondary N) is 1. The van der Waals surface area contributed by atoms with E-state index >= 15 is 0 Å². The zero-order valence-electron chi connectivity index (χ0n) is 10.6. The normalized spacial score (nSPS) is 10.4. The number of hydrazine groups is 1. The fourth-order valence-corrected chi connectivity index (χ4v) is 2.00. The van der Waals surface area contributed by atoms with Gasteiger partial charge in [0.2, 0.25) is 0 Å².